The zero-order chi connectivity index (χ0) is 29.4. The Morgan fingerprint density at radius 2 is 1.88 bits per heavy atom. The molecule has 0 aliphatic carbocycles. The van der Waals surface area contributed by atoms with Crippen LogP contribution in [0.25, 0.3) is 11.3 Å². The van der Waals surface area contributed by atoms with Gasteiger partial charge in [0, 0.05) is 61.3 Å². The van der Waals surface area contributed by atoms with Crippen LogP contribution >= 0.6 is 0 Å². The van der Waals surface area contributed by atoms with Crippen molar-refractivity contribution >= 4 is 40.7 Å². The molecule has 0 spiro atoms. The second-order valence-electron chi connectivity index (χ2n) is 9.81. The summed E-state index contributed by atoms with van der Waals surface area (Å²) in [6, 6.07) is 12.0. The molecule has 0 saturated carbocycles. The standard InChI is InChI=1S/C31H40N8O2/c1-6-31(40)37-26-16-27(29(41-5)18-28(26)39-13-11-23(12-14-39)38(7-2)8-3)36-30-17-25(34-20-35-30)21-9-10-24(33-4)22(15-21)19-32/h6,9-10,15-20,23,32-33H,1,7-8,11-14H2,2-5H3,(H,37,40)(H,34,35,36). The molecule has 0 unspecified atom stereocenters. The van der Waals surface area contributed by atoms with E-state index in [4.69, 9.17) is 10.1 Å². The quantitative estimate of drug-likeness (QED) is 0.174. The summed E-state index contributed by atoms with van der Waals surface area (Å²) in [4.78, 5) is 26.1. The number of aromatic nitrogens is 2. The van der Waals surface area contributed by atoms with Crippen LogP contribution in [0.2, 0.25) is 0 Å². The molecule has 10 heteroatoms. The lowest BCUT2D eigenvalue weighted by Crippen LogP contribution is -2.45. The molecular weight excluding hydrogens is 516 g/mol. The number of hydrogen-bond donors (Lipinski definition) is 4. The highest BCUT2D eigenvalue weighted by molar-refractivity contribution is 6.02. The summed E-state index contributed by atoms with van der Waals surface area (Å²) in [7, 11) is 3.46. The molecular formula is C31H40N8O2. The second-order valence-corrected chi connectivity index (χ2v) is 9.81. The SMILES string of the molecule is C=CC(=O)Nc1cc(Nc2cc(-c3ccc(NC)c(C=N)c3)ncn2)c(OC)cc1N1CCC(N(CC)CC)CC1. The Bertz CT molecular complexity index is 1380. The molecule has 0 bridgehead atoms. The fourth-order valence-corrected chi connectivity index (χ4v) is 5.38. The smallest absolute Gasteiger partial charge is 0.247 e. The minimum atomic E-state index is -0.281. The minimum Gasteiger partial charge on any atom is -0.494 e. The molecule has 4 rings (SSSR count). The van der Waals surface area contributed by atoms with Crippen LogP contribution in [0, 0.1) is 5.41 Å². The molecule has 216 valence electrons. The van der Waals surface area contributed by atoms with E-state index in [0.29, 0.717) is 34.7 Å². The first-order valence-corrected chi connectivity index (χ1v) is 14.0. The van der Waals surface area contributed by atoms with E-state index in [1.165, 1.54) is 18.6 Å². The summed E-state index contributed by atoms with van der Waals surface area (Å²) in [5, 5.41) is 17.2. The van der Waals surface area contributed by atoms with Gasteiger partial charge in [0.15, 0.2) is 0 Å². The van der Waals surface area contributed by atoms with E-state index in [-0.39, 0.29) is 5.91 Å². The van der Waals surface area contributed by atoms with Crippen molar-refractivity contribution < 1.29 is 9.53 Å². The first-order chi connectivity index (χ1) is 19.9. The van der Waals surface area contributed by atoms with Gasteiger partial charge in [-0.25, -0.2) is 9.97 Å². The van der Waals surface area contributed by atoms with Gasteiger partial charge in [0.05, 0.1) is 29.9 Å². The first kappa shape index (κ1) is 29.5. The van der Waals surface area contributed by atoms with E-state index in [1.54, 1.807) is 7.11 Å². The van der Waals surface area contributed by atoms with Crippen LogP contribution in [0.4, 0.5) is 28.6 Å². The van der Waals surface area contributed by atoms with Gasteiger partial charge in [0.2, 0.25) is 5.91 Å². The molecule has 1 aliphatic heterocycles. The molecule has 0 radical (unpaired) electrons. The Balaban J connectivity index is 1.64. The first-order valence-electron chi connectivity index (χ1n) is 14.0. The van der Waals surface area contributed by atoms with Crippen molar-refractivity contribution in [3.63, 3.8) is 0 Å². The third kappa shape index (κ3) is 6.83. The molecule has 1 aromatic heterocycles. The zero-order valence-electron chi connectivity index (χ0n) is 24.3. The number of carbonyl (C=O) groups is 1. The van der Waals surface area contributed by atoms with Gasteiger partial charge in [0.1, 0.15) is 17.9 Å². The van der Waals surface area contributed by atoms with Gasteiger partial charge in [-0.1, -0.05) is 26.5 Å². The number of ether oxygens (including phenoxy) is 1. The van der Waals surface area contributed by atoms with Gasteiger partial charge in [-0.3, -0.25) is 4.79 Å². The normalized spacial score (nSPS) is 13.5. The van der Waals surface area contributed by atoms with E-state index in [9.17, 15) is 4.79 Å². The lowest BCUT2D eigenvalue weighted by atomic mass is 10.0. The largest absolute Gasteiger partial charge is 0.494 e. The molecule has 0 atom stereocenters. The monoisotopic (exact) mass is 556 g/mol. The van der Waals surface area contributed by atoms with Gasteiger partial charge in [-0.05, 0) is 50.2 Å². The van der Waals surface area contributed by atoms with E-state index in [2.05, 4.69) is 56.1 Å². The Morgan fingerprint density at radius 3 is 2.51 bits per heavy atom. The molecule has 41 heavy (non-hydrogen) atoms. The number of nitrogens with one attached hydrogen (secondary N) is 4. The van der Waals surface area contributed by atoms with Crippen molar-refractivity contribution in [3.8, 4) is 17.0 Å². The highest BCUT2D eigenvalue weighted by Crippen LogP contribution is 2.40. The van der Waals surface area contributed by atoms with Crippen LogP contribution < -0.4 is 25.6 Å². The summed E-state index contributed by atoms with van der Waals surface area (Å²) in [5.74, 6) is 0.917. The summed E-state index contributed by atoms with van der Waals surface area (Å²) >= 11 is 0. The summed E-state index contributed by atoms with van der Waals surface area (Å²) in [5.41, 5.74) is 5.44. The topological polar surface area (TPSA) is 118 Å². The van der Waals surface area contributed by atoms with Crippen LogP contribution in [0.3, 0.4) is 0 Å². The Labute approximate surface area is 242 Å². The van der Waals surface area contributed by atoms with Crippen LogP contribution in [-0.4, -0.2) is 73.4 Å². The number of nitrogens with zero attached hydrogens (tertiary/aromatic N) is 4. The second kappa shape index (κ2) is 13.8. The summed E-state index contributed by atoms with van der Waals surface area (Å²) < 4.78 is 5.79. The number of piperidine rings is 1. The lowest BCUT2D eigenvalue weighted by Gasteiger charge is -2.39. The maximum absolute atomic E-state index is 12.4. The van der Waals surface area contributed by atoms with Crippen molar-refractivity contribution in [2.75, 3.05) is 61.2 Å². The molecule has 1 amide bonds. The number of benzene rings is 2. The van der Waals surface area contributed by atoms with E-state index in [1.807, 2.05) is 43.4 Å². The predicted octanol–water partition coefficient (Wildman–Crippen LogP) is 5.37. The highest BCUT2D eigenvalue weighted by atomic mass is 16.5. The van der Waals surface area contributed by atoms with E-state index >= 15 is 0 Å². The van der Waals surface area contributed by atoms with E-state index in [0.717, 1.165) is 61.5 Å². The molecule has 3 aromatic rings. The number of rotatable bonds is 12. The van der Waals surface area contributed by atoms with Crippen molar-refractivity contribution in [1.82, 2.24) is 14.9 Å². The highest BCUT2D eigenvalue weighted by Gasteiger charge is 2.26. The molecule has 1 saturated heterocycles. The maximum Gasteiger partial charge on any atom is 0.247 e. The fourth-order valence-electron chi connectivity index (χ4n) is 5.38. The summed E-state index contributed by atoms with van der Waals surface area (Å²) in [6.45, 7) is 11.9. The minimum absolute atomic E-state index is 0.281. The van der Waals surface area contributed by atoms with Crippen LogP contribution in [0.5, 0.6) is 5.75 Å². The molecule has 1 fully saturated rings. The molecule has 10 nitrogen and oxygen atoms in total. The third-order valence-electron chi connectivity index (χ3n) is 7.60. The molecule has 1 aliphatic rings. The van der Waals surface area contributed by atoms with Crippen LogP contribution in [0.15, 0.2) is 55.4 Å². The Hall–Kier alpha value is -4.44. The number of amides is 1. The maximum atomic E-state index is 12.4. The van der Waals surface area contributed by atoms with E-state index < -0.39 is 0 Å². The van der Waals surface area contributed by atoms with Crippen molar-refractivity contribution in [2.45, 2.75) is 32.7 Å². The average molecular weight is 557 g/mol. The van der Waals surface area contributed by atoms with Crippen LogP contribution in [-0.2, 0) is 4.79 Å². The number of hydrogen-bond acceptors (Lipinski definition) is 9. The van der Waals surface area contributed by atoms with Gasteiger partial charge < -0.3 is 35.9 Å². The van der Waals surface area contributed by atoms with Crippen molar-refractivity contribution in [3.05, 3.63) is 60.9 Å². The van der Waals surface area contributed by atoms with Crippen molar-refractivity contribution in [1.29, 1.82) is 5.41 Å². The summed E-state index contributed by atoms with van der Waals surface area (Å²) in [6.07, 6.45) is 6.18. The number of methoxy groups -OCH3 is 1. The van der Waals surface area contributed by atoms with Gasteiger partial charge in [0.25, 0.3) is 0 Å². The van der Waals surface area contributed by atoms with Gasteiger partial charge in [-0.2, -0.15) is 0 Å². The average Bonchev–Trinajstić information content (AvgIpc) is 3.02. The Morgan fingerprint density at radius 1 is 1.12 bits per heavy atom. The number of carbonyl (C=O) groups excluding carboxylic acids is 1. The predicted molar refractivity (Wildman–Crippen MR) is 168 cm³/mol. The van der Waals surface area contributed by atoms with Crippen LogP contribution in [0.1, 0.15) is 32.3 Å². The number of anilines is 5. The molecule has 2 heterocycles. The lowest BCUT2D eigenvalue weighted by molar-refractivity contribution is -0.111. The third-order valence-corrected chi connectivity index (χ3v) is 7.60. The molecule has 4 N–H and O–H groups in total. The van der Waals surface area contributed by atoms with Crippen molar-refractivity contribution in [2.24, 2.45) is 0 Å². The molecule has 2 aromatic carbocycles. The Kier molecular flexibility index (Phi) is 9.91. The van der Waals surface area contributed by atoms with Gasteiger partial charge >= 0.3 is 0 Å². The van der Waals surface area contributed by atoms with Gasteiger partial charge in [-0.15, -0.1) is 0 Å². The zero-order valence-corrected chi connectivity index (χ0v) is 24.3. The fraction of sp³-hybridized carbons (Fsp3) is 0.355.